The third-order valence-corrected chi connectivity index (χ3v) is 4.40. The fourth-order valence-electron chi connectivity index (χ4n) is 3.22. The summed E-state index contributed by atoms with van der Waals surface area (Å²) < 4.78 is 0. The highest BCUT2D eigenvalue weighted by atomic mass is 16.3. The molecule has 1 N–H and O–H groups in total. The summed E-state index contributed by atoms with van der Waals surface area (Å²) in [5.41, 5.74) is 1.02. The van der Waals surface area contributed by atoms with Gasteiger partial charge in [0.15, 0.2) is 0 Å². The van der Waals surface area contributed by atoms with Gasteiger partial charge in [0, 0.05) is 19.2 Å². The van der Waals surface area contributed by atoms with Gasteiger partial charge in [-0.25, -0.2) is 0 Å². The van der Waals surface area contributed by atoms with Crippen molar-refractivity contribution in [3.05, 3.63) is 42.0 Å². The highest BCUT2D eigenvalue weighted by molar-refractivity contribution is 5.92. The first-order valence-corrected chi connectivity index (χ1v) is 7.68. The number of β-amino-alcohol motifs (C(OH)–C–C–N with tert-alkyl or cyclic N) is 1. The number of aliphatic hydroxyl groups excluding tert-OH is 1. The van der Waals surface area contributed by atoms with Gasteiger partial charge in [0.25, 0.3) is 0 Å². The highest BCUT2D eigenvalue weighted by Crippen LogP contribution is 2.21. The van der Waals surface area contributed by atoms with Crippen LogP contribution < -0.4 is 0 Å². The van der Waals surface area contributed by atoms with Crippen molar-refractivity contribution in [1.82, 2.24) is 9.80 Å². The second-order valence-electron chi connectivity index (χ2n) is 5.87. The summed E-state index contributed by atoms with van der Waals surface area (Å²) in [6.07, 6.45) is 5.42. The molecule has 21 heavy (non-hydrogen) atoms. The quantitative estimate of drug-likeness (QED) is 0.854. The summed E-state index contributed by atoms with van der Waals surface area (Å²) >= 11 is 0. The summed E-state index contributed by atoms with van der Waals surface area (Å²) in [7, 11) is 0. The van der Waals surface area contributed by atoms with Gasteiger partial charge < -0.3 is 10.0 Å². The molecule has 2 saturated heterocycles. The molecule has 0 aliphatic carbocycles. The topological polar surface area (TPSA) is 43.8 Å². The molecule has 2 aliphatic rings. The van der Waals surface area contributed by atoms with Crippen molar-refractivity contribution < 1.29 is 9.90 Å². The Morgan fingerprint density at radius 3 is 2.57 bits per heavy atom. The van der Waals surface area contributed by atoms with E-state index in [1.165, 1.54) is 12.8 Å². The molecule has 112 valence electrons. The average molecular weight is 286 g/mol. The van der Waals surface area contributed by atoms with Crippen LogP contribution in [0.4, 0.5) is 0 Å². The second kappa shape index (κ2) is 6.41. The lowest BCUT2D eigenvalue weighted by atomic mass is 10.2. The predicted molar refractivity (Wildman–Crippen MR) is 82.7 cm³/mol. The number of amides is 1. The molecule has 4 nitrogen and oxygen atoms in total. The Bertz CT molecular complexity index is 509. The number of carbonyl (C=O) groups is 1. The van der Waals surface area contributed by atoms with E-state index in [2.05, 4.69) is 4.90 Å². The zero-order valence-corrected chi connectivity index (χ0v) is 12.2. The summed E-state index contributed by atoms with van der Waals surface area (Å²) in [5, 5.41) is 10.2. The maximum Gasteiger partial charge on any atom is 0.246 e. The fraction of sp³-hybridized carbons (Fsp3) is 0.471. The van der Waals surface area contributed by atoms with Gasteiger partial charge >= 0.3 is 0 Å². The van der Waals surface area contributed by atoms with Crippen LogP contribution in [0.5, 0.6) is 0 Å². The van der Waals surface area contributed by atoms with Gasteiger partial charge in [-0.15, -0.1) is 0 Å². The molecule has 0 bridgehead atoms. The Kier molecular flexibility index (Phi) is 4.36. The fourth-order valence-corrected chi connectivity index (χ4v) is 3.22. The summed E-state index contributed by atoms with van der Waals surface area (Å²) in [4.78, 5) is 16.3. The van der Waals surface area contributed by atoms with Crippen molar-refractivity contribution in [3.63, 3.8) is 0 Å². The number of aliphatic hydroxyl groups is 1. The number of likely N-dealkylation sites (tertiary alicyclic amines) is 2. The average Bonchev–Trinajstić information content (AvgIpc) is 3.15. The maximum atomic E-state index is 12.2. The molecule has 3 rings (SSSR count). The van der Waals surface area contributed by atoms with Crippen LogP contribution in [0.1, 0.15) is 18.4 Å². The molecule has 2 fully saturated rings. The van der Waals surface area contributed by atoms with Crippen LogP contribution in [0, 0.1) is 0 Å². The molecule has 1 aromatic carbocycles. The zero-order valence-electron chi connectivity index (χ0n) is 12.2. The van der Waals surface area contributed by atoms with Crippen molar-refractivity contribution in [1.29, 1.82) is 0 Å². The Morgan fingerprint density at radius 2 is 1.86 bits per heavy atom. The van der Waals surface area contributed by atoms with E-state index < -0.39 is 6.10 Å². The first-order valence-electron chi connectivity index (χ1n) is 7.68. The summed E-state index contributed by atoms with van der Waals surface area (Å²) in [6.45, 7) is 3.17. The summed E-state index contributed by atoms with van der Waals surface area (Å²) in [5.74, 6) is -0.0143. The van der Waals surface area contributed by atoms with E-state index in [0.717, 1.165) is 18.7 Å². The van der Waals surface area contributed by atoms with Crippen LogP contribution in [0.3, 0.4) is 0 Å². The van der Waals surface area contributed by atoms with Gasteiger partial charge in [0.1, 0.15) is 0 Å². The highest BCUT2D eigenvalue weighted by Gasteiger charge is 2.37. The van der Waals surface area contributed by atoms with Crippen LogP contribution in [0.25, 0.3) is 6.08 Å². The Balaban J connectivity index is 1.60. The number of hydrogen-bond donors (Lipinski definition) is 1. The van der Waals surface area contributed by atoms with E-state index in [-0.39, 0.29) is 11.9 Å². The Hall–Kier alpha value is -1.65. The normalized spacial score (nSPS) is 26.8. The van der Waals surface area contributed by atoms with Gasteiger partial charge in [0.2, 0.25) is 5.91 Å². The molecule has 2 aliphatic heterocycles. The molecule has 0 unspecified atom stereocenters. The molecular formula is C17H22N2O2. The molecule has 2 atom stereocenters. The minimum absolute atomic E-state index is 0.0143. The first-order chi connectivity index (χ1) is 10.2. The molecule has 1 amide bonds. The van der Waals surface area contributed by atoms with Crippen LogP contribution in [-0.2, 0) is 4.79 Å². The molecule has 0 aromatic heterocycles. The second-order valence-corrected chi connectivity index (χ2v) is 5.87. The molecule has 0 radical (unpaired) electrons. The van der Waals surface area contributed by atoms with E-state index in [1.807, 2.05) is 36.4 Å². The van der Waals surface area contributed by atoms with E-state index in [9.17, 15) is 9.90 Å². The van der Waals surface area contributed by atoms with Crippen LogP contribution >= 0.6 is 0 Å². The van der Waals surface area contributed by atoms with E-state index in [4.69, 9.17) is 0 Å². The largest absolute Gasteiger partial charge is 0.390 e. The van der Waals surface area contributed by atoms with Gasteiger partial charge in [-0.3, -0.25) is 9.69 Å². The minimum Gasteiger partial charge on any atom is -0.390 e. The third-order valence-electron chi connectivity index (χ3n) is 4.40. The lowest BCUT2D eigenvalue weighted by Crippen LogP contribution is -2.41. The number of rotatable bonds is 3. The minimum atomic E-state index is -0.419. The Labute approximate surface area is 125 Å². The van der Waals surface area contributed by atoms with Crippen molar-refractivity contribution in [2.24, 2.45) is 0 Å². The van der Waals surface area contributed by atoms with Crippen LogP contribution in [-0.4, -0.2) is 59.1 Å². The van der Waals surface area contributed by atoms with Gasteiger partial charge in [-0.05, 0) is 37.6 Å². The van der Waals surface area contributed by atoms with E-state index >= 15 is 0 Å². The molecule has 0 saturated carbocycles. The molecule has 1 aromatic rings. The van der Waals surface area contributed by atoms with Gasteiger partial charge in [-0.2, -0.15) is 0 Å². The monoisotopic (exact) mass is 286 g/mol. The zero-order chi connectivity index (χ0) is 14.7. The molecule has 0 spiro atoms. The lowest BCUT2D eigenvalue weighted by molar-refractivity contribution is -0.125. The smallest absolute Gasteiger partial charge is 0.246 e. The predicted octanol–water partition coefficient (Wildman–Crippen LogP) is 1.37. The van der Waals surface area contributed by atoms with Crippen LogP contribution in [0.15, 0.2) is 36.4 Å². The lowest BCUT2D eigenvalue weighted by Gasteiger charge is -2.25. The van der Waals surface area contributed by atoms with E-state index in [0.29, 0.717) is 13.1 Å². The van der Waals surface area contributed by atoms with Crippen LogP contribution in [0.2, 0.25) is 0 Å². The Morgan fingerprint density at radius 1 is 1.14 bits per heavy atom. The molecular weight excluding hydrogens is 264 g/mol. The molecule has 2 heterocycles. The van der Waals surface area contributed by atoms with Crippen molar-refractivity contribution in [2.45, 2.75) is 25.0 Å². The number of carbonyl (C=O) groups excluding carboxylic acids is 1. The number of hydrogen-bond acceptors (Lipinski definition) is 3. The maximum absolute atomic E-state index is 12.2. The third kappa shape index (κ3) is 3.34. The van der Waals surface area contributed by atoms with Gasteiger partial charge in [-0.1, -0.05) is 30.3 Å². The number of benzene rings is 1. The van der Waals surface area contributed by atoms with Crippen molar-refractivity contribution >= 4 is 12.0 Å². The first kappa shape index (κ1) is 14.3. The van der Waals surface area contributed by atoms with Crippen molar-refractivity contribution in [2.75, 3.05) is 26.2 Å². The summed E-state index contributed by atoms with van der Waals surface area (Å²) in [6, 6.07) is 9.91. The van der Waals surface area contributed by atoms with Gasteiger partial charge in [0.05, 0.1) is 12.1 Å². The number of nitrogens with zero attached hydrogens (tertiary/aromatic N) is 2. The SMILES string of the molecule is O=C(/C=C/c1ccccc1)N1C[C@@H](O)[C@H](N2CCCC2)C1. The van der Waals surface area contributed by atoms with Crippen molar-refractivity contribution in [3.8, 4) is 0 Å². The van der Waals surface area contributed by atoms with E-state index in [1.54, 1.807) is 11.0 Å². The standard InChI is InChI=1S/C17H22N2O2/c20-16-13-19(12-15(16)18-10-4-5-11-18)17(21)9-8-14-6-2-1-3-7-14/h1-3,6-9,15-16,20H,4-5,10-13H2/b9-8+/t15-,16-/m1/s1. The molecule has 4 heteroatoms.